The zero-order valence-corrected chi connectivity index (χ0v) is 23.7. The number of amides is 1. The number of fused-ring (bicyclic) bond motifs is 1. The summed E-state index contributed by atoms with van der Waals surface area (Å²) < 4.78 is 63.7. The first-order chi connectivity index (χ1) is 19.1. The molecule has 1 aliphatic heterocycles. The van der Waals surface area contributed by atoms with E-state index in [1.807, 2.05) is 6.07 Å². The quantitative estimate of drug-likeness (QED) is 0.271. The predicted octanol–water partition coefficient (Wildman–Crippen LogP) is 5.73. The number of carbonyl (C=O) groups is 1. The van der Waals surface area contributed by atoms with E-state index in [0.29, 0.717) is 52.9 Å². The fourth-order valence-electron chi connectivity index (χ4n) is 5.26. The van der Waals surface area contributed by atoms with Crippen molar-refractivity contribution < 1.29 is 26.4 Å². The molecule has 0 spiro atoms. The van der Waals surface area contributed by atoms with Crippen molar-refractivity contribution in [3.05, 3.63) is 89.0 Å². The van der Waals surface area contributed by atoms with Gasteiger partial charge in [-0.1, -0.05) is 31.0 Å². The van der Waals surface area contributed by atoms with Crippen molar-refractivity contribution in [3.8, 4) is 11.3 Å². The van der Waals surface area contributed by atoms with Gasteiger partial charge in [0.05, 0.1) is 17.0 Å². The van der Waals surface area contributed by atoms with Gasteiger partial charge in [-0.05, 0) is 60.7 Å². The summed E-state index contributed by atoms with van der Waals surface area (Å²) in [5.41, 5.74) is 2.94. The maximum Gasteiger partial charge on any atom is 0.255 e. The van der Waals surface area contributed by atoms with Gasteiger partial charge in [0.25, 0.3) is 5.91 Å². The van der Waals surface area contributed by atoms with Crippen LogP contribution in [-0.2, 0) is 15.8 Å². The van der Waals surface area contributed by atoms with Crippen molar-refractivity contribution in [1.82, 2.24) is 9.62 Å². The number of halogens is 2. The van der Waals surface area contributed by atoms with E-state index >= 15 is 0 Å². The average molecular weight is 586 g/mol. The van der Waals surface area contributed by atoms with Gasteiger partial charge in [0.1, 0.15) is 23.0 Å². The van der Waals surface area contributed by atoms with Crippen molar-refractivity contribution in [3.63, 3.8) is 0 Å². The van der Waals surface area contributed by atoms with Gasteiger partial charge in [-0.2, -0.15) is 0 Å². The third-order valence-corrected chi connectivity index (χ3v) is 9.27. The highest BCUT2D eigenvalue weighted by Gasteiger charge is 2.33. The van der Waals surface area contributed by atoms with Crippen LogP contribution in [-0.4, -0.2) is 45.8 Å². The lowest BCUT2D eigenvalue weighted by atomic mass is 9.89. The Hall–Kier alpha value is -3.41. The first-order valence-corrected chi connectivity index (χ1v) is 14.8. The lowest BCUT2D eigenvalue weighted by molar-refractivity contribution is 0.0964. The number of piperidine rings is 1. The minimum absolute atomic E-state index is 0.128. The van der Waals surface area contributed by atoms with Gasteiger partial charge in [-0.25, -0.2) is 21.5 Å². The van der Waals surface area contributed by atoms with Crippen LogP contribution in [0.15, 0.2) is 65.1 Å². The summed E-state index contributed by atoms with van der Waals surface area (Å²) >= 11 is 4.53. The molecule has 5 rings (SSSR count). The standard InChI is InChI=1S/C29H29F2N3O4S2/c1-32-29(35)27-23-14-22(25(33(2)39)15-26(23)38-28(27)18-9-11-21(30)12-10-18)19-7-5-13-34(16-19)40(36,37)17-20-6-3-4-8-24(20)31/h3-4,6,8-12,14-15,19,39H,5,7,13,16-17H2,1-2H3,(H,32,35)/t19-/m0/s1. The molecule has 11 heteroatoms. The summed E-state index contributed by atoms with van der Waals surface area (Å²) in [5, 5.41) is 3.21. The van der Waals surface area contributed by atoms with Crippen molar-refractivity contribution in [2.75, 3.05) is 31.5 Å². The molecule has 1 fully saturated rings. The van der Waals surface area contributed by atoms with E-state index in [4.69, 9.17) is 4.42 Å². The molecule has 0 unspecified atom stereocenters. The summed E-state index contributed by atoms with van der Waals surface area (Å²) in [4.78, 5) is 13.1. The Morgan fingerprint density at radius 3 is 2.55 bits per heavy atom. The van der Waals surface area contributed by atoms with Gasteiger partial charge in [0.15, 0.2) is 0 Å². The topological polar surface area (TPSA) is 82.9 Å². The molecule has 0 bridgehead atoms. The number of sulfonamides is 1. The van der Waals surface area contributed by atoms with E-state index in [0.717, 1.165) is 5.56 Å². The third-order valence-electron chi connectivity index (χ3n) is 7.26. The lowest BCUT2D eigenvalue weighted by Gasteiger charge is -2.33. The number of rotatable bonds is 7. The number of anilines is 1. The van der Waals surface area contributed by atoms with E-state index in [1.165, 1.54) is 41.7 Å². The normalized spacial score (nSPS) is 16.3. The van der Waals surface area contributed by atoms with Crippen LogP contribution in [0.3, 0.4) is 0 Å². The highest BCUT2D eigenvalue weighted by Crippen LogP contribution is 2.42. The number of nitrogens with zero attached hydrogens (tertiary/aromatic N) is 2. The number of furan rings is 1. The molecule has 0 radical (unpaired) electrons. The number of nitrogens with one attached hydrogen (secondary N) is 1. The Balaban J connectivity index is 1.57. The van der Waals surface area contributed by atoms with Gasteiger partial charge in [-0.15, -0.1) is 0 Å². The summed E-state index contributed by atoms with van der Waals surface area (Å²) in [5.74, 6) is -1.66. The molecule has 7 nitrogen and oxygen atoms in total. The smallest absolute Gasteiger partial charge is 0.255 e. The predicted molar refractivity (Wildman–Crippen MR) is 155 cm³/mol. The van der Waals surface area contributed by atoms with E-state index in [-0.39, 0.29) is 23.9 Å². The zero-order chi connectivity index (χ0) is 28.6. The lowest BCUT2D eigenvalue weighted by Crippen LogP contribution is -2.40. The maximum atomic E-state index is 14.2. The molecule has 1 aromatic heterocycles. The van der Waals surface area contributed by atoms with Crippen molar-refractivity contribution in [2.24, 2.45) is 0 Å². The van der Waals surface area contributed by atoms with Gasteiger partial charge >= 0.3 is 0 Å². The van der Waals surface area contributed by atoms with Crippen LogP contribution < -0.4 is 9.62 Å². The summed E-state index contributed by atoms with van der Waals surface area (Å²) in [6, 6.07) is 15.2. The maximum absolute atomic E-state index is 14.2. The number of benzene rings is 3. The van der Waals surface area contributed by atoms with Crippen LogP contribution in [0.5, 0.6) is 0 Å². The van der Waals surface area contributed by atoms with E-state index in [1.54, 1.807) is 35.6 Å². The Morgan fingerprint density at radius 1 is 1.15 bits per heavy atom. The number of hydrogen-bond donors (Lipinski definition) is 2. The molecule has 4 aromatic rings. The molecule has 2 heterocycles. The molecule has 1 N–H and O–H groups in total. The molecule has 0 saturated carbocycles. The van der Waals surface area contributed by atoms with Crippen LogP contribution >= 0.6 is 12.8 Å². The first-order valence-electron chi connectivity index (χ1n) is 12.8. The highest BCUT2D eigenvalue weighted by atomic mass is 32.2. The fourth-order valence-corrected chi connectivity index (χ4v) is 7.06. The summed E-state index contributed by atoms with van der Waals surface area (Å²) in [6.07, 6.45) is 1.33. The van der Waals surface area contributed by atoms with E-state index in [9.17, 15) is 22.0 Å². The van der Waals surface area contributed by atoms with Crippen LogP contribution in [0.25, 0.3) is 22.3 Å². The van der Waals surface area contributed by atoms with Crippen molar-refractivity contribution >= 4 is 45.4 Å². The third kappa shape index (κ3) is 5.45. The second kappa shape index (κ2) is 11.2. The van der Waals surface area contributed by atoms with Crippen LogP contribution in [0, 0.1) is 11.6 Å². The molecule has 210 valence electrons. The largest absolute Gasteiger partial charge is 0.455 e. The van der Waals surface area contributed by atoms with Crippen LogP contribution in [0.4, 0.5) is 14.5 Å². The Labute approximate surface area is 237 Å². The molecule has 3 aromatic carbocycles. The number of hydrogen-bond acceptors (Lipinski definition) is 6. The SMILES string of the molecule is CNC(=O)c1c(-c2ccc(F)cc2)oc2cc(N(C)S)c([C@H]3CCCN(S(=O)(=O)Cc4ccccc4F)C3)cc12. The van der Waals surface area contributed by atoms with E-state index in [2.05, 4.69) is 18.1 Å². The number of carbonyl (C=O) groups excluding carboxylic acids is 1. The molecular weight excluding hydrogens is 556 g/mol. The Kier molecular flexibility index (Phi) is 7.89. The number of thiol groups is 1. The second-order valence-electron chi connectivity index (χ2n) is 9.87. The minimum Gasteiger partial charge on any atom is -0.455 e. The molecule has 1 amide bonds. The monoisotopic (exact) mass is 585 g/mol. The van der Waals surface area contributed by atoms with Crippen LogP contribution in [0.2, 0.25) is 0 Å². The Bertz CT molecular complexity index is 1670. The molecular formula is C29H29F2N3O4S2. The molecule has 1 saturated heterocycles. The zero-order valence-electron chi connectivity index (χ0n) is 22.0. The van der Waals surface area contributed by atoms with Gasteiger partial charge < -0.3 is 14.0 Å². The molecule has 1 atom stereocenters. The molecule has 1 aliphatic rings. The second-order valence-corrected chi connectivity index (χ2v) is 12.4. The van der Waals surface area contributed by atoms with E-state index < -0.39 is 27.4 Å². The van der Waals surface area contributed by atoms with Crippen molar-refractivity contribution in [2.45, 2.75) is 24.5 Å². The minimum atomic E-state index is -3.79. The van der Waals surface area contributed by atoms with Crippen molar-refractivity contribution in [1.29, 1.82) is 0 Å². The summed E-state index contributed by atoms with van der Waals surface area (Å²) in [6.45, 7) is 0.542. The fraction of sp³-hybridized carbons (Fsp3) is 0.276. The Morgan fingerprint density at radius 2 is 1.88 bits per heavy atom. The van der Waals surface area contributed by atoms with Gasteiger partial charge in [-0.3, -0.25) is 4.79 Å². The highest BCUT2D eigenvalue weighted by molar-refractivity contribution is 7.88. The van der Waals surface area contributed by atoms with Gasteiger partial charge in [0, 0.05) is 49.8 Å². The summed E-state index contributed by atoms with van der Waals surface area (Å²) in [7, 11) is -0.513. The van der Waals surface area contributed by atoms with Gasteiger partial charge in [0.2, 0.25) is 10.0 Å². The molecule has 0 aliphatic carbocycles. The van der Waals surface area contributed by atoms with Crippen LogP contribution in [0.1, 0.15) is 40.2 Å². The first kappa shape index (κ1) is 28.1. The molecule has 40 heavy (non-hydrogen) atoms. The average Bonchev–Trinajstić information content (AvgIpc) is 3.32.